The molecule has 122 valence electrons. The average Bonchev–Trinajstić information content (AvgIpc) is 3.15. The molecule has 1 aliphatic heterocycles. The van der Waals surface area contributed by atoms with Crippen LogP contribution >= 0.6 is 0 Å². The average molecular weight is 319 g/mol. The van der Waals surface area contributed by atoms with E-state index in [4.69, 9.17) is 9.47 Å². The summed E-state index contributed by atoms with van der Waals surface area (Å²) < 4.78 is 26.6. The van der Waals surface area contributed by atoms with E-state index in [1.807, 2.05) is 17.8 Å². The van der Waals surface area contributed by atoms with Crippen LogP contribution in [0, 0.1) is 5.82 Å². The Balaban J connectivity index is 1.79. The van der Waals surface area contributed by atoms with Crippen molar-refractivity contribution in [1.29, 1.82) is 0 Å². The predicted molar refractivity (Wildman–Crippen MR) is 80.7 cm³/mol. The number of aromatic nitrogens is 2. The maximum atomic E-state index is 14.2. The number of imidazole rings is 1. The highest BCUT2D eigenvalue weighted by Crippen LogP contribution is 2.28. The molecule has 7 heteroatoms. The molecular weight excluding hydrogens is 301 g/mol. The largest absolute Gasteiger partial charge is 0.494 e. The summed E-state index contributed by atoms with van der Waals surface area (Å²) in [6, 6.07) is 4.23. The number of hydrogen-bond donors (Lipinski definition) is 1. The Bertz CT molecular complexity index is 716. The SMILES string of the molecule is COc1cccc(C(=O)N[C@H]2CCO[C@@H]2c2nccn2C)c1F. The normalized spacial score (nSPS) is 20.5. The monoisotopic (exact) mass is 319 g/mol. The van der Waals surface area contributed by atoms with Crippen LogP contribution in [0.2, 0.25) is 0 Å². The van der Waals surface area contributed by atoms with E-state index in [2.05, 4.69) is 10.3 Å². The Morgan fingerprint density at radius 1 is 1.52 bits per heavy atom. The molecule has 1 aliphatic rings. The molecule has 0 bridgehead atoms. The molecule has 2 aromatic rings. The van der Waals surface area contributed by atoms with Gasteiger partial charge < -0.3 is 19.4 Å². The van der Waals surface area contributed by atoms with Crippen molar-refractivity contribution in [2.24, 2.45) is 7.05 Å². The Labute approximate surface area is 133 Å². The van der Waals surface area contributed by atoms with Gasteiger partial charge in [-0.25, -0.2) is 9.37 Å². The molecule has 1 fully saturated rings. The molecule has 1 amide bonds. The standard InChI is InChI=1S/C16H18FN3O3/c1-20-8-7-18-15(20)14-11(6-9-23-14)19-16(21)10-4-3-5-12(22-2)13(10)17/h3-5,7-8,11,14H,6,9H2,1-2H3,(H,19,21)/t11-,14-/m0/s1. The first-order chi connectivity index (χ1) is 11.1. The number of rotatable bonds is 4. The molecule has 23 heavy (non-hydrogen) atoms. The van der Waals surface area contributed by atoms with Crippen LogP contribution in [-0.2, 0) is 11.8 Å². The fraction of sp³-hybridized carbons (Fsp3) is 0.375. The smallest absolute Gasteiger partial charge is 0.254 e. The lowest BCUT2D eigenvalue weighted by Gasteiger charge is -2.20. The molecule has 0 unspecified atom stereocenters. The third kappa shape index (κ3) is 2.92. The van der Waals surface area contributed by atoms with Crippen LogP contribution in [0.4, 0.5) is 4.39 Å². The van der Waals surface area contributed by atoms with Crippen LogP contribution in [0.25, 0.3) is 0 Å². The molecule has 6 nitrogen and oxygen atoms in total. The van der Waals surface area contributed by atoms with Crippen molar-refractivity contribution < 1.29 is 18.7 Å². The number of amides is 1. The lowest BCUT2D eigenvalue weighted by atomic mass is 10.1. The van der Waals surface area contributed by atoms with Gasteiger partial charge in [-0.2, -0.15) is 0 Å². The Hall–Kier alpha value is -2.41. The van der Waals surface area contributed by atoms with Crippen molar-refractivity contribution in [3.8, 4) is 5.75 Å². The molecule has 0 saturated carbocycles. The van der Waals surface area contributed by atoms with Gasteiger partial charge in [0, 0.05) is 26.0 Å². The third-order valence-electron chi connectivity index (χ3n) is 3.95. The third-order valence-corrected chi connectivity index (χ3v) is 3.95. The molecular formula is C16H18FN3O3. The molecule has 2 atom stereocenters. The van der Waals surface area contributed by atoms with Crippen LogP contribution in [0.5, 0.6) is 5.75 Å². The number of ether oxygens (including phenoxy) is 2. The number of nitrogens with one attached hydrogen (secondary N) is 1. The van der Waals surface area contributed by atoms with Gasteiger partial charge in [0.15, 0.2) is 11.6 Å². The van der Waals surface area contributed by atoms with Crippen molar-refractivity contribution in [3.05, 3.63) is 47.8 Å². The summed E-state index contributed by atoms with van der Waals surface area (Å²) >= 11 is 0. The van der Waals surface area contributed by atoms with Crippen LogP contribution in [0.3, 0.4) is 0 Å². The quantitative estimate of drug-likeness (QED) is 0.934. The van der Waals surface area contributed by atoms with E-state index in [9.17, 15) is 9.18 Å². The topological polar surface area (TPSA) is 65.4 Å². The van der Waals surface area contributed by atoms with Gasteiger partial charge in [-0.3, -0.25) is 4.79 Å². The number of nitrogens with zero attached hydrogens (tertiary/aromatic N) is 2. The number of methoxy groups -OCH3 is 1. The van der Waals surface area contributed by atoms with Crippen molar-refractivity contribution >= 4 is 5.91 Å². The van der Waals surface area contributed by atoms with Gasteiger partial charge in [-0.05, 0) is 18.6 Å². The minimum atomic E-state index is -0.667. The zero-order valence-electron chi connectivity index (χ0n) is 13.0. The second-order valence-electron chi connectivity index (χ2n) is 5.38. The Morgan fingerprint density at radius 2 is 2.35 bits per heavy atom. The van der Waals surface area contributed by atoms with Gasteiger partial charge in [0.1, 0.15) is 11.9 Å². The molecule has 1 saturated heterocycles. The second-order valence-corrected chi connectivity index (χ2v) is 5.38. The molecule has 1 aromatic carbocycles. The summed E-state index contributed by atoms with van der Waals surface area (Å²) in [6.45, 7) is 0.517. The van der Waals surface area contributed by atoms with Gasteiger partial charge in [-0.1, -0.05) is 6.07 Å². The number of hydrogen-bond acceptors (Lipinski definition) is 4. The van der Waals surface area contributed by atoms with Crippen molar-refractivity contribution in [2.45, 2.75) is 18.6 Å². The van der Waals surface area contributed by atoms with E-state index in [0.717, 1.165) is 5.82 Å². The van der Waals surface area contributed by atoms with Crippen molar-refractivity contribution in [2.75, 3.05) is 13.7 Å². The number of halogens is 1. The highest BCUT2D eigenvalue weighted by atomic mass is 19.1. The molecule has 1 aromatic heterocycles. The zero-order valence-corrected chi connectivity index (χ0v) is 13.0. The summed E-state index contributed by atoms with van der Waals surface area (Å²) in [5, 5.41) is 2.84. The van der Waals surface area contributed by atoms with Gasteiger partial charge in [0.2, 0.25) is 0 Å². The summed E-state index contributed by atoms with van der Waals surface area (Å²) in [6.07, 6.45) is 3.80. The van der Waals surface area contributed by atoms with E-state index < -0.39 is 11.7 Å². The van der Waals surface area contributed by atoms with Gasteiger partial charge in [0.05, 0.1) is 18.7 Å². The van der Waals surface area contributed by atoms with Gasteiger partial charge >= 0.3 is 0 Å². The predicted octanol–water partition coefficient (Wildman–Crippen LogP) is 1.83. The first-order valence-electron chi connectivity index (χ1n) is 7.34. The highest BCUT2D eigenvalue weighted by Gasteiger charge is 2.34. The lowest BCUT2D eigenvalue weighted by Crippen LogP contribution is -2.38. The minimum Gasteiger partial charge on any atom is -0.494 e. The first-order valence-corrected chi connectivity index (χ1v) is 7.34. The van der Waals surface area contributed by atoms with Crippen LogP contribution in [-0.4, -0.2) is 35.2 Å². The summed E-state index contributed by atoms with van der Waals surface area (Å²) in [7, 11) is 3.23. The lowest BCUT2D eigenvalue weighted by molar-refractivity contribution is 0.0776. The zero-order chi connectivity index (χ0) is 16.4. The molecule has 2 heterocycles. The molecule has 0 aliphatic carbocycles. The van der Waals surface area contributed by atoms with E-state index in [0.29, 0.717) is 13.0 Å². The number of carbonyl (C=O) groups is 1. The van der Waals surface area contributed by atoms with Gasteiger partial charge in [0.25, 0.3) is 5.91 Å². The Morgan fingerprint density at radius 3 is 3.04 bits per heavy atom. The highest BCUT2D eigenvalue weighted by molar-refractivity contribution is 5.95. The fourth-order valence-corrected chi connectivity index (χ4v) is 2.73. The van der Waals surface area contributed by atoms with Crippen molar-refractivity contribution in [3.63, 3.8) is 0 Å². The minimum absolute atomic E-state index is 0.0426. The number of benzene rings is 1. The van der Waals surface area contributed by atoms with E-state index in [1.54, 1.807) is 12.3 Å². The summed E-state index contributed by atoms with van der Waals surface area (Å²) in [4.78, 5) is 16.7. The maximum Gasteiger partial charge on any atom is 0.254 e. The maximum absolute atomic E-state index is 14.2. The van der Waals surface area contributed by atoms with E-state index in [1.165, 1.54) is 19.2 Å². The summed E-state index contributed by atoms with van der Waals surface area (Å²) in [5.41, 5.74) is -0.0464. The van der Waals surface area contributed by atoms with E-state index in [-0.39, 0.29) is 23.5 Å². The molecule has 0 spiro atoms. The summed E-state index contributed by atoms with van der Waals surface area (Å²) in [5.74, 6) is -0.379. The van der Waals surface area contributed by atoms with Gasteiger partial charge in [-0.15, -0.1) is 0 Å². The first kappa shape index (κ1) is 15.5. The molecule has 3 rings (SSSR count). The van der Waals surface area contributed by atoms with Crippen LogP contribution < -0.4 is 10.1 Å². The van der Waals surface area contributed by atoms with Crippen LogP contribution in [0.15, 0.2) is 30.6 Å². The fourth-order valence-electron chi connectivity index (χ4n) is 2.73. The van der Waals surface area contributed by atoms with Crippen molar-refractivity contribution in [1.82, 2.24) is 14.9 Å². The Kier molecular flexibility index (Phi) is 4.29. The molecule has 0 radical (unpaired) electrons. The van der Waals surface area contributed by atoms with Crippen LogP contribution in [0.1, 0.15) is 28.7 Å². The number of carbonyl (C=O) groups excluding carboxylic acids is 1. The number of aryl methyl sites for hydroxylation is 1. The van der Waals surface area contributed by atoms with E-state index >= 15 is 0 Å². The molecule has 1 N–H and O–H groups in total. The second kappa shape index (κ2) is 6.37.